The van der Waals surface area contributed by atoms with Crippen LogP contribution in [0.5, 0.6) is 0 Å². The Kier molecular flexibility index (Phi) is 3.62. The summed E-state index contributed by atoms with van der Waals surface area (Å²) in [5.74, 6) is -0.230. The molecule has 0 aliphatic carbocycles. The molecule has 0 saturated carbocycles. The van der Waals surface area contributed by atoms with Crippen LogP contribution in [-0.4, -0.2) is 0 Å². The third-order valence-electron chi connectivity index (χ3n) is 2.04. The van der Waals surface area contributed by atoms with Crippen LogP contribution in [0.15, 0.2) is 49.1 Å². The number of halogens is 1. The molecule has 0 amide bonds. The molecule has 0 unspecified atom stereocenters. The minimum Gasteiger partial charge on any atom is -0.206 e. The van der Waals surface area contributed by atoms with Gasteiger partial charge in [-0.05, 0) is 31.1 Å². The van der Waals surface area contributed by atoms with Crippen molar-refractivity contribution in [1.82, 2.24) is 0 Å². The van der Waals surface area contributed by atoms with Gasteiger partial charge >= 0.3 is 0 Å². The van der Waals surface area contributed by atoms with E-state index in [1.54, 1.807) is 12.1 Å². The summed E-state index contributed by atoms with van der Waals surface area (Å²) in [6.07, 6.45) is 3.59. The fourth-order valence-electron chi connectivity index (χ4n) is 1.21. The number of allylic oxidation sites excluding steroid dienone is 4. The van der Waals surface area contributed by atoms with E-state index in [2.05, 4.69) is 13.2 Å². The monoisotopic (exact) mass is 202 g/mol. The van der Waals surface area contributed by atoms with Gasteiger partial charge in [0.25, 0.3) is 0 Å². The highest BCUT2D eigenvalue weighted by atomic mass is 19.1. The molecule has 0 nitrogen and oxygen atoms in total. The van der Waals surface area contributed by atoms with E-state index >= 15 is 0 Å². The number of rotatable bonds is 3. The highest BCUT2D eigenvalue weighted by Crippen LogP contribution is 2.19. The molecule has 1 heteroatoms. The molecule has 0 heterocycles. The van der Waals surface area contributed by atoms with Gasteiger partial charge < -0.3 is 0 Å². The number of aryl methyl sites for hydroxylation is 1. The van der Waals surface area contributed by atoms with Crippen molar-refractivity contribution in [2.45, 2.75) is 13.8 Å². The maximum absolute atomic E-state index is 13.5. The highest BCUT2D eigenvalue weighted by molar-refractivity contribution is 5.72. The molecule has 0 fully saturated rings. The van der Waals surface area contributed by atoms with Gasteiger partial charge in [-0.25, -0.2) is 4.39 Å². The van der Waals surface area contributed by atoms with E-state index in [4.69, 9.17) is 0 Å². The summed E-state index contributed by atoms with van der Waals surface area (Å²) in [6.45, 7) is 11.3. The Labute approximate surface area is 90.4 Å². The highest BCUT2D eigenvalue weighted by Gasteiger charge is 2.03. The zero-order valence-corrected chi connectivity index (χ0v) is 9.18. The summed E-state index contributed by atoms with van der Waals surface area (Å²) in [5, 5.41) is 0. The number of benzene rings is 1. The second-order valence-electron chi connectivity index (χ2n) is 3.69. The van der Waals surface area contributed by atoms with Crippen LogP contribution in [-0.2, 0) is 0 Å². The van der Waals surface area contributed by atoms with Crippen LogP contribution in [0, 0.1) is 12.7 Å². The van der Waals surface area contributed by atoms with Crippen molar-refractivity contribution in [2.75, 3.05) is 0 Å². The van der Waals surface area contributed by atoms with E-state index in [1.165, 1.54) is 6.07 Å². The third-order valence-corrected chi connectivity index (χ3v) is 2.04. The Morgan fingerprint density at radius 1 is 1.27 bits per heavy atom. The molecule has 15 heavy (non-hydrogen) atoms. The first-order valence-electron chi connectivity index (χ1n) is 4.79. The van der Waals surface area contributed by atoms with Gasteiger partial charge in [0, 0.05) is 5.56 Å². The molecule has 78 valence electrons. The van der Waals surface area contributed by atoms with Gasteiger partial charge in [0.1, 0.15) is 5.82 Å². The Hall–Kier alpha value is -1.63. The maximum Gasteiger partial charge on any atom is 0.131 e. The molecule has 1 aromatic carbocycles. The minimum atomic E-state index is -0.230. The van der Waals surface area contributed by atoms with Crippen molar-refractivity contribution in [3.8, 4) is 0 Å². The van der Waals surface area contributed by atoms with Gasteiger partial charge in [-0.3, -0.25) is 0 Å². The Morgan fingerprint density at radius 3 is 2.47 bits per heavy atom. The van der Waals surface area contributed by atoms with Crippen LogP contribution >= 0.6 is 0 Å². The predicted octanol–water partition coefficient (Wildman–Crippen LogP) is 4.28. The standard InChI is InChI=1S/C14H15F/c1-10(2)5-7-12(4)13-8-6-11(3)9-14(13)15/h5-9H,1,4H2,2-3H3/b7-5-. The molecule has 0 aromatic heterocycles. The topological polar surface area (TPSA) is 0 Å². The zero-order valence-electron chi connectivity index (χ0n) is 9.18. The smallest absolute Gasteiger partial charge is 0.131 e. The quantitative estimate of drug-likeness (QED) is 0.642. The van der Waals surface area contributed by atoms with Crippen LogP contribution < -0.4 is 0 Å². The molecule has 0 saturated heterocycles. The minimum absolute atomic E-state index is 0.230. The summed E-state index contributed by atoms with van der Waals surface area (Å²) >= 11 is 0. The Balaban J connectivity index is 2.97. The second-order valence-corrected chi connectivity index (χ2v) is 3.69. The first-order chi connectivity index (χ1) is 7.00. The van der Waals surface area contributed by atoms with E-state index < -0.39 is 0 Å². The Bertz CT molecular complexity index is 425. The van der Waals surface area contributed by atoms with Crippen molar-refractivity contribution in [1.29, 1.82) is 0 Å². The average Bonchev–Trinajstić information content (AvgIpc) is 2.14. The molecule has 1 rings (SSSR count). The Morgan fingerprint density at radius 2 is 1.93 bits per heavy atom. The van der Waals surface area contributed by atoms with Crippen molar-refractivity contribution in [3.05, 3.63) is 66.0 Å². The molecule has 0 atom stereocenters. The summed E-state index contributed by atoms with van der Waals surface area (Å²) in [4.78, 5) is 0. The molecule has 0 aliphatic rings. The lowest BCUT2D eigenvalue weighted by Crippen LogP contribution is -1.87. The van der Waals surface area contributed by atoms with E-state index in [1.807, 2.05) is 26.0 Å². The number of hydrogen-bond acceptors (Lipinski definition) is 0. The molecular weight excluding hydrogens is 187 g/mol. The lowest BCUT2D eigenvalue weighted by molar-refractivity contribution is 0.623. The van der Waals surface area contributed by atoms with E-state index in [-0.39, 0.29) is 5.82 Å². The predicted molar refractivity (Wildman–Crippen MR) is 64.1 cm³/mol. The molecule has 0 aliphatic heterocycles. The summed E-state index contributed by atoms with van der Waals surface area (Å²) < 4.78 is 13.5. The molecule has 0 spiro atoms. The van der Waals surface area contributed by atoms with E-state index in [0.29, 0.717) is 11.1 Å². The fraction of sp³-hybridized carbons (Fsp3) is 0.143. The zero-order chi connectivity index (χ0) is 11.4. The molecule has 0 bridgehead atoms. The lowest BCUT2D eigenvalue weighted by atomic mass is 10.0. The molecular formula is C14H15F. The molecule has 0 radical (unpaired) electrons. The molecule has 0 N–H and O–H groups in total. The lowest BCUT2D eigenvalue weighted by Gasteiger charge is -2.03. The first kappa shape index (κ1) is 11.4. The molecule has 1 aromatic rings. The maximum atomic E-state index is 13.5. The van der Waals surface area contributed by atoms with Crippen LogP contribution in [0.3, 0.4) is 0 Å². The van der Waals surface area contributed by atoms with Gasteiger partial charge in [0.15, 0.2) is 0 Å². The average molecular weight is 202 g/mol. The van der Waals surface area contributed by atoms with Crippen molar-refractivity contribution >= 4 is 5.57 Å². The van der Waals surface area contributed by atoms with Crippen molar-refractivity contribution in [2.24, 2.45) is 0 Å². The van der Waals surface area contributed by atoms with Crippen molar-refractivity contribution in [3.63, 3.8) is 0 Å². The van der Waals surface area contributed by atoms with Crippen LogP contribution in [0.1, 0.15) is 18.1 Å². The normalized spacial score (nSPS) is 10.6. The third kappa shape index (κ3) is 3.21. The number of hydrogen-bond donors (Lipinski definition) is 0. The van der Waals surface area contributed by atoms with Gasteiger partial charge in [0.2, 0.25) is 0 Å². The van der Waals surface area contributed by atoms with Crippen LogP contribution in [0.25, 0.3) is 5.57 Å². The van der Waals surface area contributed by atoms with Gasteiger partial charge in [-0.15, -0.1) is 0 Å². The second kappa shape index (κ2) is 4.74. The van der Waals surface area contributed by atoms with Crippen LogP contribution in [0.4, 0.5) is 4.39 Å². The largest absolute Gasteiger partial charge is 0.206 e. The van der Waals surface area contributed by atoms with E-state index in [0.717, 1.165) is 11.1 Å². The fourth-order valence-corrected chi connectivity index (χ4v) is 1.21. The van der Waals surface area contributed by atoms with Gasteiger partial charge in [-0.2, -0.15) is 0 Å². The van der Waals surface area contributed by atoms with E-state index in [9.17, 15) is 4.39 Å². The van der Waals surface area contributed by atoms with Crippen molar-refractivity contribution < 1.29 is 4.39 Å². The van der Waals surface area contributed by atoms with Crippen LogP contribution in [0.2, 0.25) is 0 Å². The SMILES string of the molecule is C=C(C)/C=C\C(=C)c1ccc(C)cc1F. The summed E-state index contributed by atoms with van der Waals surface area (Å²) in [6, 6.07) is 5.13. The van der Waals surface area contributed by atoms with Gasteiger partial charge in [-0.1, -0.05) is 43.0 Å². The summed E-state index contributed by atoms with van der Waals surface area (Å²) in [5.41, 5.74) is 3.03. The van der Waals surface area contributed by atoms with Gasteiger partial charge in [0.05, 0.1) is 0 Å². The first-order valence-corrected chi connectivity index (χ1v) is 4.79. The summed E-state index contributed by atoms with van der Waals surface area (Å²) in [7, 11) is 0.